The van der Waals surface area contributed by atoms with Crippen LogP contribution >= 0.6 is 0 Å². The van der Waals surface area contributed by atoms with Gasteiger partial charge in [0, 0.05) is 26.1 Å². The predicted octanol–water partition coefficient (Wildman–Crippen LogP) is 1.45. The second-order valence-electron chi connectivity index (χ2n) is 4.31. The normalized spacial score (nSPS) is 12.6. The summed E-state index contributed by atoms with van der Waals surface area (Å²) in [4.78, 5) is 4.13. The van der Waals surface area contributed by atoms with Crippen molar-refractivity contribution in [3.05, 3.63) is 47.1 Å². The van der Waals surface area contributed by atoms with E-state index in [-0.39, 0.29) is 12.5 Å². The Kier molecular flexibility index (Phi) is 4.75. The number of nitrogens with two attached hydrogens (primary N) is 1. The van der Waals surface area contributed by atoms with Crippen LogP contribution in [0.4, 0.5) is 8.78 Å². The molecule has 0 saturated heterocycles. The van der Waals surface area contributed by atoms with Crippen LogP contribution in [0.3, 0.4) is 0 Å². The molecule has 0 fully saturated rings. The number of rotatable bonds is 6. The minimum atomic E-state index is -0.631. The lowest BCUT2D eigenvalue weighted by atomic mass is 10.1. The Hall–Kier alpha value is -1.86. The molecule has 2 aromatic rings. The van der Waals surface area contributed by atoms with Crippen molar-refractivity contribution in [2.45, 2.75) is 18.9 Å². The minimum Gasteiger partial charge on any atom is -0.380 e. The van der Waals surface area contributed by atoms with Crippen LogP contribution in [-0.2, 0) is 17.6 Å². The maximum atomic E-state index is 13.5. The summed E-state index contributed by atoms with van der Waals surface area (Å²) in [6.07, 6.45) is 0.327. The molecule has 1 aromatic carbocycles. The summed E-state index contributed by atoms with van der Waals surface area (Å²) in [7, 11) is 1.54. The average Bonchev–Trinajstić information content (AvgIpc) is 2.86. The second kappa shape index (κ2) is 6.53. The second-order valence-corrected chi connectivity index (χ2v) is 4.31. The molecule has 1 aromatic heterocycles. The summed E-state index contributed by atoms with van der Waals surface area (Å²) in [5.41, 5.74) is 5.80. The monoisotopic (exact) mass is 283 g/mol. The minimum absolute atomic E-state index is 0.135. The molecule has 2 rings (SSSR count). The Balaban J connectivity index is 2.05. The van der Waals surface area contributed by atoms with Gasteiger partial charge in [-0.2, -0.15) is 4.98 Å². The molecule has 0 bridgehead atoms. The van der Waals surface area contributed by atoms with Crippen LogP contribution in [0, 0.1) is 11.6 Å². The van der Waals surface area contributed by atoms with Gasteiger partial charge in [-0.15, -0.1) is 0 Å². The quantitative estimate of drug-likeness (QED) is 0.868. The fourth-order valence-corrected chi connectivity index (χ4v) is 1.74. The van der Waals surface area contributed by atoms with E-state index in [0.29, 0.717) is 30.2 Å². The molecule has 0 aliphatic carbocycles. The lowest BCUT2D eigenvalue weighted by molar-refractivity contribution is 0.102. The standard InChI is InChI=1S/C13H15F2N3O2/c1-19-10(7-16)6-13-17-12(18-20-13)4-8-2-3-9(14)5-11(8)15/h2-3,5,10H,4,6-7,16H2,1H3. The molecule has 0 amide bonds. The molecule has 5 nitrogen and oxygen atoms in total. The first-order valence-corrected chi connectivity index (χ1v) is 6.10. The number of halogens is 2. The van der Waals surface area contributed by atoms with E-state index in [9.17, 15) is 8.78 Å². The topological polar surface area (TPSA) is 74.2 Å². The van der Waals surface area contributed by atoms with E-state index in [4.69, 9.17) is 15.0 Å². The highest BCUT2D eigenvalue weighted by Gasteiger charge is 2.14. The number of ether oxygens (including phenoxy) is 1. The molecule has 0 radical (unpaired) electrons. The molecule has 0 spiro atoms. The summed E-state index contributed by atoms with van der Waals surface area (Å²) < 4.78 is 36.4. The molecule has 1 atom stereocenters. The number of hydrogen-bond acceptors (Lipinski definition) is 5. The first kappa shape index (κ1) is 14.5. The molecule has 2 N–H and O–H groups in total. The third kappa shape index (κ3) is 3.58. The smallest absolute Gasteiger partial charge is 0.229 e. The zero-order valence-corrected chi connectivity index (χ0v) is 11.0. The average molecular weight is 283 g/mol. The zero-order valence-electron chi connectivity index (χ0n) is 11.0. The fourth-order valence-electron chi connectivity index (χ4n) is 1.74. The van der Waals surface area contributed by atoms with Crippen LogP contribution in [0.1, 0.15) is 17.3 Å². The third-order valence-electron chi connectivity index (χ3n) is 2.87. The van der Waals surface area contributed by atoms with Gasteiger partial charge < -0.3 is 15.0 Å². The Bertz CT molecular complexity index is 570. The van der Waals surface area contributed by atoms with Gasteiger partial charge >= 0.3 is 0 Å². The van der Waals surface area contributed by atoms with Crippen molar-refractivity contribution in [1.82, 2.24) is 10.1 Å². The molecule has 1 heterocycles. The van der Waals surface area contributed by atoms with Gasteiger partial charge in [0.25, 0.3) is 0 Å². The number of hydrogen-bond donors (Lipinski definition) is 1. The van der Waals surface area contributed by atoms with E-state index in [1.54, 1.807) is 7.11 Å². The van der Waals surface area contributed by atoms with Crippen LogP contribution in [0.25, 0.3) is 0 Å². The van der Waals surface area contributed by atoms with Gasteiger partial charge in [-0.1, -0.05) is 11.2 Å². The number of nitrogens with zero attached hydrogens (tertiary/aromatic N) is 2. The molecule has 0 saturated carbocycles. The third-order valence-corrected chi connectivity index (χ3v) is 2.87. The first-order valence-electron chi connectivity index (χ1n) is 6.10. The molecule has 1 unspecified atom stereocenters. The van der Waals surface area contributed by atoms with Gasteiger partial charge in [0.2, 0.25) is 5.89 Å². The lowest BCUT2D eigenvalue weighted by Gasteiger charge is -2.08. The molecule has 108 valence electrons. The SMILES string of the molecule is COC(CN)Cc1nc(Cc2ccc(F)cc2F)no1. The van der Waals surface area contributed by atoms with E-state index >= 15 is 0 Å². The molecular weight excluding hydrogens is 268 g/mol. The van der Waals surface area contributed by atoms with Gasteiger partial charge in [0.05, 0.1) is 12.5 Å². The van der Waals surface area contributed by atoms with Crippen molar-refractivity contribution in [3.63, 3.8) is 0 Å². The number of methoxy groups -OCH3 is 1. The van der Waals surface area contributed by atoms with Gasteiger partial charge in [-0.3, -0.25) is 0 Å². The van der Waals surface area contributed by atoms with Crippen molar-refractivity contribution in [3.8, 4) is 0 Å². The van der Waals surface area contributed by atoms with Gasteiger partial charge in [-0.05, 0) is 11.6 Å². The highest BCUT2D eigenvalue weighted by molar-refractivity contribution is 5.21. The first-order chi connectivity index (χ1) is 9.62. The predicted molar refractivity (Wildman–Crippen MR) is 67.0 cm³/mol. The van der Waals surface area contributed by atoms with E-state index in [1.807, 2.05) is 0 Å². The lowest BCUT2D eigenvalue weighted by Crippen LogP contribution is -2.24. The maximum Gasteiger partial charge on any atom is 0.229 e. The Labute approximate surface area is 114 Å². The summed E-state index contributed by atoms with van der Waals surface area (Å²) >= 11 is 0. The Morgan fingerprint density at radius 1 is 1.40 bits per heavy atom. The van der Waals surface area contributed by atoms with Crippen molar-refractivity contribution < 1.29 is 18.0 Å². The van der Waals surface area contributed by atoms with E-state index in [0.717, 1.165) is 6.07 Å². The Morgan fingerprint density at radius 2 is 2.20 bits per heavy atom. The zero-order chi connectivity index (χ0) is 14.5. The Morgan fingerprint density at radius 3 is 2.85 bits per heavy atom. The van der Waals surface area contributed by atoms with E-state index in [1.165, 1.54) is 12.1 Å². The highest BCUT2D eigenvalue weighted by Crippen LogP contribution is 2.13. The van der Waals surface area contributed by atoms with Crippen molar-refractivity contribution >= 4 is 0 Å². The molecular formula is C13H15F2N3O2. The fraction of sp³-hybridized carbons (Fsp3) is 0.385. The molecule has 0 aliphatic heterocycles. The number of aromatic nitrogens is 2. The van der Waals surface area contributed by atoms with Crippen molar-refractivity contribution in [2.24, 2.45) is 5.73 Å². The van der Waals surface area contributed by atoms with Crippen LogP contribution in [-0.4, -0.2) is 29.9 Å². The number of benzene rings is 1. The van der Waals surface area contributed by atoms with Crippen molar-refractivity contribution in [1.29, 1.82) is 0 Å². The van der Waals surface area contributed by atoms with Crippen LogP contribution in [0.5, 0.6) is 0 Å². The van der Waals surface area contributed by atoms with Crippen molar-refractivity contribution in [2.75, 3.05) is 13.7 Å². The van der Waals surface area contributed by atoms with E-state index in [2.05, 4.69) is 10.1 Å². The van der Waals surface area contributed by atoms with Crippen LogP contribution in [0.2, 0.25) is 0 Å². The molecule has 20 heavy (non-hydrogen) atoms. The van der Waals surface area contributed by atoms with Gasteiger partial charge in [0.1, 0.15) is 11.6 Å². The summed E-state index contributed by atoms with van der Waals surface area (Å²) in [5.74, 6) is -0.545. The highest BCUT2D eigenvalue weighted by atomic mass is 19.1. The maximum absolute atomic E-state index is 13.5. The van der Waals surface area contributed by atoms with Crippen LogP contribution in [0.15, 0.2) is 22.7 Å². The van der Waals surface area contributed by atoms with Gasteiger partial charge in [-0.25, -0.2) is 8.78 Å². The van der Waals surface area contributed by atoms with Gasteiger partial charge in [0.15, 0.2) is 5.82 Å². The molecule has 0 aliphatic rings. The van der Waals surface area contributed by atoms with E-state index < -0.39 is 11.6 Å². The van der Waals surface area contributed by atoms with Crippen LogP contribution < -0.4 is 5.73 Å². The summed E-state index contributed by atoms with van der Waals surface area (Å²) in [6, 6.07) is 3.37. The molecule has 7 heteroatoms. The summed E-state index contributed by atoms with van der Waals surface area (Å²) in [5, 5.41) is 3.75. The largest absolute Gasteiger partial charge is 0.380 e. The summed E-state index contributed by atoms with van der Waals surface area (Å²) in [6.45, 7) is 0.334.